The fraction of sp³-hybridized carbons (Fsp3) is 0.417. The molecule has 0 aliphatic carbocycles. The summed E-state index contributed by atoms with van der Waals surface area (Å²) in [7, 11) is -1.60. The van der Waals surface area contributed by atoms with E-state index in [1.54, 1.807) is 6.92 Å². The van der Waals surface area contributed by atoms with E-state index in [1.807, 2.05) is 44.2 Å². The molecule has 2 amide bonds. The van der Waals surface area contributed by atoms with Crippen molar-refractivity contribution in [2.24, 2.45) is 0 Å². The first-order valence-electron chi connectivity index (χ1n) is 11.1. The van der Waals surface area contributed by atoms with Crippen LogP contribution in [0.1, 0.15) is 32.8 Å². The smallest absolute Gasteiger partial charge is 0.304 e. The number of halogens is 1. The van der Waals surface area contributed by atoms with Crippen LogP contribution in [0.15, 0.2) is 54.6 Å². The number of nitrogens with one attached hydrogen (secondary N) is 1. The summed E-state index contributed by atoms with van der Waals surface area (Å²) in [6, 6.07) is 13.4. The van der Waals surface area contributed by atoms with Crippen LogP contribution in [0.4, 0.5) is 10.1 Å². The first-order valence-corrected chi connectivity index (χ1v) is 12.5. The monoisotopic (exact) mass is 492 g/mol. The zero-order chi connectivity index (χ0) is 25.5. The van der Waals surface area contributed by atoms with Crippen molar-refractivity contribution < 1.29 is 22.4 Å². The van der Waals surface area contributed by atoms with Crippen molar-refractivity contribution in [2.45, 2.75) is 45.8 Å². The van der Waals surface area contributed by atoms with Crippen molar-refractivity contribution in [1.82, 2.24) is 14.5 Å². The van der Waals surface area contributed by atoms with Gasteiger partial charge in [-0.15, -0.1) is 0 Å². The molecular formula is C24H33FN4O4S. The summed E-state index contributed by atoms with van der Waals surface area (Å²) in [4.78, 5) is 27.7. The predicted octanol–water partition coefficient (Wildman–Crippen LogP) is 2.77. The zero-order valence-electron chi connectivity index (χ0n) is 20.2. The van der Waals surface area contributed by atoms with Gasteiger partial charge in [-0.1, -0.05) is 49.4 Å². The minimum absolute atomic E-state index is 0.0852. The molecule has 2 aromatic rings. The Kier molecular flexibility index (Phi) is 9.57. The average Bonchev–Trinajstić information content (AvgIpc) is 2.81. The third-order valence-corrected chi connectivity index (χ3v) is 7.31. The van der Waals surface area contributed by atoms with Gasteiger partial charge in [-0.05, 0) is 38.0 Å². The van der Waals surface area contributed by atoms with Crippen LogP contribution in [0, 0.1) is 5.82 Å². The Morgan fingerprint density at radius 2 is 1.59 bits per heavy atom. The van der Waals surface area contributed by atoms with Gasteiger partial charge in [-0.25, -0.2) is 8.70 Å². The lowest BCUT2D eigenvalue weighted by Gasteiger charge is -2.33. The molecule has 0 radical (unpaired) electrons. The van der Waals surface area contributed by atoms with Crippen molar-refractivity contribution in [2.75, 3.05) is 24.9 Å². The Labute approximate surface area is 201 Å². The second-order valence-electron chi connectivity index (χ2n) is 8.25. The third kappa shape index (κ3) is 6.77. The molecule has 2 atom stereocenters. The van der Waals surface area contributed by atoms with Crippen LogP contribution in [-0.2, 0) is 26.3 Å². The Hall–Kier alpha value is -2.98. The molecular weight excluding hydrogens is 459 g/mol. The van der Waals surface area contributed by atoms with Crippen LogP contribution < -0.4 is 9.62 Å². The number of carbonyl (C=O) groups is 2. The molecule has 0 saturated heterocycles. The summed E-state index contributed by atoms with van der Waals surface area (Å²) in [6.45, 7) is 4.79. The molecule has 8 nitrogen and oxygen atoms in total. The number of rotatable bonds is 11. The van der Waals surface area contributed by atoms with Gasteiger partial charge in [0.15, 0.2) is 0 Å². The highest BCUT2D eigenvalue weighted by atomic mass is 32.2. The van der Waals surface area contributed by atoms with Gasteiger partial charge < -0.3 is 10.2 Å². The molecule has 0 saturated carbocycles. The molecule has 0 bridgehead atoms. The second-order valence-corrected chi connectivity index (χ2v) is 10.3. The van der Waals surface area contributed by atoms with E-state index in [1.165, 1.54) is 37.2 Å². The Morgan fingerprint density at radius 3 is 2.15 bits per heavy atom. The van der Waals surface area contributed by atoms with E-state index in [2.05, 4.69) is 5.32 Å². The van der Waals surface area contributed by atoms with Crippen molar-refractivity contribution >= 4 is 27.7 Å². The summed E-state index contributed by atoms with van der Waals surface area (Å²) in [6.07, 6.45) is 0.716. The zero-order valence-corrected chi connectivity index (χ0v) is 21.0. The first kappa shape index (κ1) is 27.3. The van der Waals surface area contributed by atoms with Crippen molar-refractivity contribution in [1.29, 1.82) is 0 Å². The minimum Gasteiger partial charge on any atom is -0.352 e. The highest BCUT2D eigenvalue weighted by Gasteiger charge is 2.33. The molecule has 0 aliphatic rings. The summed E-state index contributed by atoms with van der Waals surface area (Å²) in [5.74, 6) is -1.77. The van der Waals surface area contributed by atoms with E-state index >= 15 is 0 Å². The lowest BCUT2D eigenvalue weighted by Crippen LogP contribution is -2.53. The van der Waals surface area contributed by atoms with E-state index in [0.29, 0.717) is 6.42 Å². The average molecular weight is 493 g/mol. The van der Waals surface area contributed by atoms with Gasteiger partial charge in [0.05, 0.1) is 5.69 Å². The molecule has 2 aromatic carbocycles. The van der Waals surface area contributed by atoms with Gasteiger partial charge in [0.25, 0.3) is 0 Å². The maximum Gasteiger partial charge on any atom is 0.304 e. The highest BCUT2D eigenvalue weighted by molar-refractivity contribution is 7.90. The van der Waals surface area contributed by atoms with Gasteiger partial charge in [-0.2, -0.15) is 12.7 Å². The van der Waals surface area contributed by atoms with Gasteiger partial charge >= 0.3 is 10.2 Å². The lowest BCUT2D eigenvalue weighted by atomic mass is 10.1. The second kappa shape index (κ2) is 11.9. The van der Waals surface area contributed by atoms with Crippen LogP contribution in [0.25, 0.3) is 0 Å². The molecule has 34 heavy (non-hydrogen) atoms. The van der Waals surface area contributed by atoms with E-state index in [-0.39, 0.29) is 24.2 Å². The van der Waals surface area contributed by atoms with E-state index in [0.717, 1.165) is 20.2 Å². The number of para-hydroxylation sites is 1. The number of nitrogens with zero attached hydrogens (tertiary/aromatic N) is 3. The van der Waals surface area contributed by atoms with E-state index in [9.17, 15) is 22.4 Å². The maximum atomic E-state index is 14.6. The number of carbonyl (C=O) groups excluding carboxylic acids is 2. The molecule has 2 rings (SSSR count). The first-order chi connectivity index (χ1) is 16.0. The van der Waals surface area contributed by atoms with Crippen molar-refractivity contribution in [3.05, 3.63) is 66.0 Å². The number of benzene rings is 2. The normalized spacial score (nSPS) is 13.3. The molecule has 0 aliphatic heterocycles. The summed E-state index contributed by atoms with van der Waals surface area (Å²) in [5.41, 5.74) is 0.521. The fourth-order valence-electron chi connectivity index (χ4n) is 3.18. The van der Waals surface area contributed by atoms with E-state index < -0.39 is 34.5 Å². The number of anilines is 1. The highest BCUT2D eigenvalue weighted by Crippen LogP contribution is 2.23. The lowest BCUT2D eigenvalue weighted by molar-refractivity contribution is -0.139. The van der Waals surface area contributed by atoms with Crippen LogP contribution >= 0.6 is 0 Å². The standard InChI is InChI=1S/C24H33FN4O4S/c1-6-18(2)26-24(31)19(3)28(16-20-12-8-7-9-13-20)23(30)17-29(34(32,33)27(4)5)22-15-11-10-14-21(22)25/h7-15,18-19H,6,16-17H2,1-5H3,(H,26,31)/t18-,19-/m1/s1. The third-order valence-electron chi connectivity index (χ3n) is 5.50. The Morgan fingerprint density at radius 1 is 1.00 bits per heavy atom. The number of hydrogen-bond donors (Lipinski definition) is 1. The number of hydrogen-bond acceptors (Lipinski definition) is 4. The van der Waals surface area contributed by atoms with Crippen LogP contribution in [0.2, 0.25) is 0 Å². The fourth-order valence-corrected chi connectivity index (χ4v) is 4.25. The molecule has 0 unspecified atom stereocenters. The van der Waals surface area contributed by atoms with Crippen molar-refractivity contribution in [3.8, 4) is 0 Å². The van der Waals surface area contributed by atoms with Gasteiger partial charge in [0, 0.05) is 26.7 Å². The molecule has 10 heteroatoms. The topological polar surface area (TPSA) is 90.0 Å². The Bertz CT molecular complexity index is 1080. The maximum absolute atomic E-state index is 14.6. The van der Waals surface area contributed by atoms with Gasteiger partial charge in [0.1, 0.15) is 18.4 Å². The van der Waals surface area contributed by atoms with E-state index in [4.69, 9.17) is 0 Å². The molecule has 0 heterocycles. The van der Waals surface area contributed by atoms with Gasteiger partial charge in [0.2, 0.25) is 11.8 Å². The Balaban J connectivity index is 2.44. The number of amides is 2. The summed E-state index contributed by atoms with van der Waals surface area (Å²) < 4.78 is 42.3. The predicted molar refractivity (Wildman–Crippen MR) is 131 cm³/mol. The molecule has 0 fully saturated rings. The molecule has 0 spiro atoms. The van der Waals surface area contributed by atoms with Crippen LogP contribution in [0.3, 0.4) is 0 Å². The van der Waals surface area contributed by atoms with Crippen LogP contribution in [0.5, 0.6) is 0 Å². The molecule has 0 aromatic heterocycles. The van der Waals surface area contributed by atoms with Gasteiger partial charge in [-0.3, -0.25) is 9.59 Å². The van der Waals surface area contributed by atoms with Crippen molar-refractivity contribution in [3.63, 3.8) is 0 Å². The summed E-state index contributed by atoms with van der Waals surface area (Å²) in [5, 5.41) is 2.86. The van der Waals surface area contributed by atoms with Crippen LogP contribution in [-0.4, -0.2) is 62.2 Å². The molecule has 1 N–H and O–H groups in total. The largest absolute Gasteiger partial charge is 0.352 e. The minimum atomic E-state index is -4.21. The summed E-state index contributed by atoms with van der Waals surface area (Å²) >= 11 is 0. The quantitative estimate of drug-likeness (QED) is 0.522. The SMILES string of the molecule is CC[C@@H](C)NC(=O)[C@@H](C)N(Cc1ccccc1)C(=O)CN(c1ccccc1F)S(=O)(=O)N(C)C. The molecule has 186 valence electrons.